The maximum Gasteiger partial charge on any atom is 0.330 e. The Hall–Kier alpha value is -0.573. The molecule has 0 rings (SSSR count). The number of carbonyl (C=O) groups is 1. The lowest BCUT2D eigenvalue weighted by atomic mass is 10.6. The topological polar surface area (TPSA) is 26.3 Å². The van der Waals surface area contributed by atoms with Crippen molar-refractivity contribution in [2.75, 3.05) is 6.61 Å². The Bertz CT molecular complexity index is 101. The van der Waals surface area contributed by atoms with E-state index in [0.29, 0.717) is 6.61 Å². The number of hydrogen-bond acceptors (Lipinski definition) is 2. The van der Waals surface area contributed by atoms with Crippen LogP contribution < -0.4 is 0 Å². The third kappa shape index (κ3) is 5.30. The predicted octanol–water partition coefficient (Wildman–Crippen LogP) is 0.886. The van der Waals surface area contributed by atoms with Crippen LogP contribution in [0.4, 0.5) is 0 Å². The van der Waals surface area contributed by atoms with E-state index in [9.17, 15) is 4.79 Å². The summed E-state index contributed by atoms with van der Waals surface area (Å²) >= 11 is 0. The summed E-state index contributed by atoms with van der Waals surface area (Å²) in [6, 6.07) is 0.958. The molecule has 0 aliphatic rings. The lowest BCUT2D eigenvalue weighted by Crippen LogP contribution is -2.02. The molecule has 0 aromatic carbocycles. The van der Waals surface area contributed by atoms with Crippen LogP contribution in [0.3, 0.4) is 0 Å². The lowest BCUT2D eigenvalue weighted by molar-refractivity contribution is -0.137. The molecule has 0 saturated heterocycles. The molecule has 0 fully saturated rings. The third-order valence-electron chi connectivity index (χ3n) is 0.763. The maximum atomic E-state index is 10.3. The molecule has 0 aliphatic carbocycles. The fourth-order valence-electron chi connectivity index (χ4n) is 0.313. The molecule has 0 spiro atoms. The van der Waals surface area contributed by atoms with E-state index in [2.05, 4.69) is 17.9 Å². The van der Waals surface area contributed by atoms with Crippen molar-refractivity contribution in [2.24, 2.45) is 0 Å². The van der Waals surface area contributed by atoms with Gasteiger partial charge in [-0.2, -0.15) is 0 Å². The third-order valence-corrected chi connectivity index (χ3v) is 1.47. The lowest BCUT2D eigenvalue weighted by Gasteiger charge is -1.96. The number of rotatable bonds is 4. The van der Waals surface area contributed by atoms with Gasteiger partial charge in [0.05, 0.1) is 6.61 Å². The average Bonchev–Trinajstić information content (AvgIpc) is 1.89. The first-order valence-corrected chi connectivity index (χ1v) is 4.45. The van der Waals surface area contributed by atoms with Gasteiger partial charge in [0.2, 0.25) is 0 Å². The minimum absolute atomic E-state index is 0.326. The van der Waals surface area contributed by atoms with Gasteiger partial charge >= 0.3 is 5.97 Å². The van der Waals surface area contributed by atoms with E-state index in [1.807, 2.05) is 0 Å². The van der Waals surface area contributed by atoms with Crippen molar-refractivity contribution in [1.82, 2.24) is 0 Å². The zero-order valence-corrected chi connectivity index (χ0v) is 6.52. The van der Waals surface area contributed by atoms with E-state index in [1.54, 1.807) is 0 Å². The van der Waals surface area contributed by atoms with E-state index in [0.717, 1.165) is 15.6 Å². The molecule has 9 heavy (non-hydrogen) atoms. The number of ether oxygens (including phenoxy) is 1. The molecule has 0 atom stereocenters. The van der Waals surface area contributed by atoms with Crippen LogP contribution in [0.2, 0.25) is 12.6 Å². The van der Waals surface area contributed by atoms with Gasteiger partial charge < -0.3 is 4.74 Å². The molecule has 0 saturated carbocycles. The van der Waals surface area contributed by atoms with Crippen molar-refractivity contribution < 1.29 is 9.53 Å². The highest BCUT2D eigenvalue weighted by molar-refractivity contribution is 6.33. The zero-order valence-electron chi connectivity index (χ0n) is 5.52. The number of hydrogen-bond donors (Lipinski definition) is 0. The van der Waals surface area contributed by atoms with Gasteiger partial charge in [0, 0.05) is 15.6 Å². The summed E-state index contributed by atoms with van der Waals surface area (Å²) in [7, 11) is 0.847. The summed E-state index contributed by atoms with van der Waals surface area (Å²) in [4.78, 5) is 10.3. The Morgan fingerprint density at radius 1 is 1.89 bits per heavy atom. The molecule has 50 valence electrons. The van der Waals surface area contributed by atoms with E-state index in [1.165, 1.54) is 6.08 Å². The molecule has 0 N–H and O–H groups in total. The Kier molecular flexibility index (Phi) is 5.21. The summed E-state index contributed by atoms with van der Waals surface area (Å²) in [6.07, 6.45) is 1.18. The summed E-state index contributed by atoms with van der Waals surface area (Å²) in [5.41, 5.74) is 0. The van der Waals surface area contributed by atoms with Crippen molar-refractivity contribution in [3.63, 3.8) is 0 Å². The SMILES string of the molecule is C=CC(=O)OCC[Si]C. The summed E-state index contributed by atoms with van der Waals surface area (Å²) in [6.45, 7) is 5.87. The van der Waals surface area contributed by atoms with Crippen LogP contribution in [-0.4, -0.2) is 22.1 Å². The summed E-state index contributed by atoms with van der Waals surface area (Å²) < 4.78 is 4.68. The van der Waals surface area contributed by atoms with Crippen molar-refractivity contribution in [2.45, 2.75) is 12.6 Å². The fourth-order valence-corrected chi connectivity index (χ4v) is 0.619. The van der Waals surface area contributed by atoms with E-state index >= 15 is 0 Å². The maximum absolute atomic E-state index is 10.3. The van der Waals surface area contributed by atoms with Gasteiger partial charge in [0.25, 0.3) is 0 Å². The Morgan fingerprint density at radius 2 is 2.56 bits per heavy atom. The molecule has 0 heterocycles. The van der Waals surface area contributed by atoms with Crippen molar-refractivity contribution in [3.8, 4) is 0 Å². The summed E-state index contributed by atoms with van der Waals surface area (Å²) in [5, 5.41) is 0. The fraction of sp³-hybridized carbons (Fsp3) is 0.500. The van der Waals surface area contributed by atoms with Gasteiger partial charge in [-0.1, -0.05) is 13.1 Å². The molecule has 0 bridgehead atoms. The van der Waals surface area contributed by atoms with Crippen LogP contribution in [0.15, 0.2) is 12.7 Å². The second-order valence-electron chi connectivity index (χ2n) is 1.48. The molecule has 3 heteroatoms. The Labute approximate surface area is 57.7 Å². The molecule has 0 aromatic rings. The highest BCUT2D eigenvalue weighted by atomic mass is 28.2. The van der Waals surface area contributed by atoms with Crippen LogP contribution in [0.25, 0.3) is 0 Å². The number of esters is 1. The van der Waals surface area contributed by atoms with Crippen LogP contribution in [0, 0.1) is 0 Å². The second-order valence-corrected chi connectivity index (χ2v) is 2.68. The van der Waals surface area contributed by atoms with Gasteiger partial charge in [-0.05, 0) is 6.04 Å². The monoisotopic (exact) mass is 142 g/mol. The highest BCUT2D eigenvalue weighted by Gasteiger charge is 1.91. The van der Waals surface area contributed by atoms with Crippen molar-refractivity contribution >= 4 is 15.5 Å². The smallest absolute Gasteiger partial charge is 0.330 e. The first-order valence-electron chi connectivity index (χ1n) is 2.75. The minimum Gasteiger partial charge on any atom is -0.463 e. The molecule has 0 amide bonds. The summed E-state index contributed by atoms with van der Waals surface area (Å²) in [5.74, 6) is -0.326. The van der Waals surface area contributed by atoms with Crippen LogP contribution >= 0.6 is 0 Å². The molecule has 0 unspecified atom stereocenters. The quantitative estimate of drug-likeness (QED) is 0.252. The molecule has 0 aromatic heterocycles. The molecule has 2 radical (unpaired) electrons. The average molecular weight is 142 g/mol. The molecular weight excluding hydrogens is 132 g/mol. The molecular formula is C6H10O2Si. The largest absolute Gasteiger partial charge is 0.463 e. The van der Waals surface area contributed by atoms with Crippen LogP contribution in [0.1, 0.15) is 0 Å². The van der Waals surface area contributed by atoms with Crippen LogP contribution in [-0.2, 0) is 9.53 Å². The van der Waals surface area contributed by atoms with Gasteiger partial charge in [0.15, 0.2) is 0 Å². The standard InChI is InChI=1S/C6H10O2Si/c1-3-6(7)8-4-5-9-2/h3H,1,4-5H2,2H3. The van der Waals surface area contributed by atoms with Crippen molar-refractivity contribution in [3.05, 3.63) is 12.7 Å². The van der Waals surface area contributed by atoms with E-state index < -0.39 is 0 Å². The van der Waals surface area contributed by atoms with Gasteiger partial charge in [-0.15, -0.1) is 0 Å². The predicted molar refractivity (Wildman–Crippen MR) is 37.6 cm³/mol. The normalized spacial score (nSPS) is 8.56. The van der Waals surface area contributed by atoms with E-state index in [4.69, 9.17) is 0 Å². The van der Waals surface area contributed by atoms with E-state index in [-0.39, 0.29) is 5.97 Å². The first kappa shape index (κ1) is 8.43. The van der Waals surface area contributed by atoms with Gasteiger partial charge in [-0.25, -0.2) is 4.79 Å². The first-order chi connectivity index (χ1) is 4.31. The zero-order chi connectivity index (χ0) is 7.11. The Morgan fingerprint density at radius 3 is 3.00 bits per heavy atom. The van der Waals surface area contributed by atoms with Crippen molar-refractivity contribution in [1.29, 1.82) is 0 Å². The second kappa shape index (κ2) is 5.56. The molecule has 2 nitrogen and oxygen atoms in total. The highest BCUT2D eigenvalue weighted by Crippen LogP contribution is 1.83. The Balaban J connectivity index is 3.07. The molecule has 0 aliphatic heterocycles. The van der Waals surface area contributed by atoms with Crippen LogP contribution in [0.5, 0.6) is 0 Å². The van der Waals surface area contributed by atoms with Gasteiger partial charge in [-0.3, -0.25) is 0 Å². The minimum atomic E-state index is -0.326. The van der Waals surface area contributed by atoms with Gasteiger partial charge in [0.1, 0.15) is 0 Å². The number of carbonyl (C=O) groups excluding carboxylic acids is 1.